The first-order valence-electron chi connectivity index (χ1n) is 18.9. The van der Waals surface area contributed by atoms with E-state index in [1.807, 2.05) is 78.7 Å². The van der Waals surface area contributed by atoms with Gasteiger partial charge in [0.05, 0.1) is 33.7 Å². The molecule has 8 rings (SSSR count). The summed E-state index contributed by atoms with van der Waals surface area (Å²) >= 11 is 3.58. The molecular formula is C41H50BrFN8O4. The Kier molecular flexibility index (Phi) is 10.0. The summed E-state index contributed by atoms with van der Waals surface area (Å²) in [5.74, 6) is 1.01. The Labute approximate surface area is 330 Å². The Morgan fingerprint density at radius 1 is 1.00 bits per heavy atom. The lowest BCUT2D eigenvalue weighted by atomic mass is 9.79. The predicted octanol–water partition coefficient (Wildman–Crippen LogP) is 7.29. The molecule has 1 saturated carbocycles. The van der Waals surface area contributed by atoms with Crippen molar-refractivity contribution in [2.24, 2.45) is 5.92 Å². The number of hydrogen-bond acceptors (Lipinski definition) is 9. The minimum absolute atomic E-state index is 0.129. The number of likely N-dealkylation sites (N-methyl/N-ethyl adjacent to an activating group) is 2. The average Bonchev–Trinajstić information content (AvgIpc) is 3.78. The van der Waals surface area contributed by atoms with Gasteiger partial charge >= 0.3 is 12.2 Å². The number of pyridine rings is 1. The number of rotatable bonds is 8. The number of fused-ring (bicyclic) bond motifs is 4. The topological polar surface area (TPSA) is 120 Å². The predicted molar refractivity (Wildman–Crippen MR) is 213 cm³/mol. The molecule has 55 heavy (non-hydrogen) atoms. The van der Waals surface area contributed by atoms with E-state index in [-0.39, 0.29) is 29.6 Å². The van der Waals surface area contributed by atoms with Crippen LogP contribution in [0.4, 0.5) is 19.8 Å². The van der Waals surface area contributed by atoms with Crippen LogP contribution in [0.25, 0.3) is 21.9 Å². The number of halogens is 2. The molecule has 0 radical (unpaired) electrons. The SMILES string of the molecule is CN(CCc1nc2c(N3CC(N(C)C)C3)nc3c(F)c(Br)c(Cc4ccc(C#N)cc4)cc3c2n1C1C2CC1N(C(=O)OC(C)(C)C)C2)C(=O)OC(C)(C)C. The highest BCUT2D eigenvalue weighted by molar-refractivity contribution is 9.10. The summed E-state index contributed by atoms with van der Waals surface area (Å²) in [4.78, 5) is 44.7. The summed E-state index contributed by atoms with van der Waals surface area (Å²) in [7, 11) is 5.81. The molecular weight excluding hydrogens is 767 g/mol. The molecule has 4 aromatic rings. The van der Waals surface area contributed by atoms with Gasteiger partial charge in [0.2, 0.25) is 0 Å². The molecule has 12 nitrogen and oxygen atoms in total. The van der Waals surface area contributed by atoms with Gasteiger partial charge < -0.3 is 33.6 Å². The molecule has 2 aromatic heterocycles. The van der Waals surface area contributed by atoms with Gasteiger partial charge in [-0.1, -0.05) is 12.1 Å². The summed E-state index contributed by atoms with van der Waals surface area (Å²) in [5.41, 5.74) is 2.59. The van der Waals surface area contributed by atoms with Crippen LogP contribution < -0.4 is 4.90 Å². The van der Waals surface area contributed by atoms with Crippen molar-refractivity contribution in [3.8, 4) is 6.07 Å². The Hall–Kier alpha value is -4.48. The monoisotopic (exact) mass is 816 g/mol. The Morgan fingerprint density at radius 3 is 2.29 bits per heavy atom. The van der Waals surface area contributed by atoms with Crippen LogP contribution >= 0.6 is 15.9 Å². The first kappa shape index (κ1) is 38.8. The van der Waals surface area contributed by atoms with E-state index in [4.69, 9.17) is 19.4 Å². The molecule has 1 aliphatic carbocycles. The number of ether oxygens (including phenoxy) is 2. The van der Waals surface area contributed by atoms with E-state index in [2.05, 4.69) is 36.4 Å². The molecule has 5 heterocycles. The molecule has 4 fully saturated rings. The first-order valence-corrected chi connectivity index (χ1v) is 19.7. The number of amides is 2. The van der Waals surface area contributed by atoms with E-state index in [9.17, 15) is 14.9 Å². The zero-order valence-electron chi connectivity index (χ0n) is 33.1. The number of carbonyl (C=O) groups excluding carboxylic acids is 2. The van der Waals surface area contributed by atoms with E-state index in [0.717, 1.165) is 28.9 Å². The van der Waals surface area contributed by atoms with E-state index in [1.54, 1.807) is 24.1 Å². The summed E-state index contributed by atoms with van der Waals surface area (Å²) < 4.78 is 30.9. The van der Waals surface area contributed by atoms with Gasteiger partial charge in [0.1, 0.15) is 28.1 Å². The molecule has 292 valence electrons. The number of hydrogen-bond donors (Lipinski definition) is 0. The minimum atomic E-state index is -0.649. The van der Waals surface area contributed by atoms with Crippen molar-refractivity contribution in [2.75, 3.05) is 52.2 Å². The van der Waals surface area contributed by atoms with Crippen LogP contribution in [0.1, 0.15) is 76.5 Å². The highest BCUT2D eigenvalue weighted by Gasteiger charge is 2.56. The highest BCUT2D eigenvalue weighted by Crippen LogP contribution is 2.52. The number of carbonyl (C=O) groups is 2. The normalized spacial score (nSPS) is 19.8. The van der Waals surface area contributed by atoms with Gasteiger partial charge in [0.25, 0.3) is 0 Å². The molecule has 3 unspecified atom stereocenters. The number of benzene rings is 2. The van der Waals surface area contributed by atoms with Gasteiger partial charge in [-0.15, -0.1) is 0 Å². The number of nitrogens with zero attached hydrogens (tertiary/aromatic N) is 8. The molecule has 0 N–H and O–H groups in total. The molecule has 14 heteroatoms. The van der Waals surface area contributed by atoms with Crippen molar-refractivity contribution >= 4 is 55.9 Å². The summed E-state index contributed by atoms with van der Waals surface area (Å²) in [6, 6.07) is 11.5. The van der Waals surface area contributed by atoms with Crippen LogP contribution in [-0.2, 0) is 22.3 Å². The van der Waals surface area contributed by atoms with Crippen LogP contribution in [0, 0.1) is 23.1 Å². The molecule has 0 spiro atoms. The Bertz CT molecular complexity index is 2200. The van der Waals surface area contributed by atoms with Crippen molar-refractivity contribution < 1.29 is 23.5 Å². The highest BCUT2D eigenvalue weighted by atomic mass is 79.9. The summed E-state index contributed by atoms with van der Waals surface area (Å²) in [5, 5.41) is 9.96. The van der Waals surface area contributed by atoms with E-state index in [0.29, 0.717) is 71.8 Å². The third-order valence-corrected chi connectivity index (χ3v) is 11.7. The molecule has 2 aromatic carbocycles. The van der Waals surface area contributed by atoms with Crippen LogP contribution in [0.3, 0.4) is 0 Å². The molecule has 4 aliphatic rings. The Balaban J connectivity index is 1.40. The second-order valence-electron chi connectivity index (χ2n) is 17.4. The smallest absolute Gasteiger partial charge is 0.410 e. The third-order valence-electron chi connectivity index (χ3n) is 10.8. The largest absolute Gasteiger partial charge is 0.444 e. The van der Waals surface area contributed by atoms with Gasteiger partial charge in [-0.3, -0.25) is 0 Å². The van der Waals surface area contributed by atoms with Crippen LogP contribution in [0.5, 0.6) is 0 Å². The van der Waals surface area contributed by atoms with Crippen LogP contribution in [0.2, 0.25) is 0 Å². The van der Waals surface area contributed by atoms with E-state index >= 15 is 4.39 Å². The number of imidazole rings is 1. The Morgan fingerprint density at radius 2 is 1.67 bits per heavy atom. The van der Waals surface area contributed by atoms with Crippen molar-refractivity contribution in [2.45, 2.75) is 90.1 Å². The second-order valence-corrected chi connectivity index (χ2v) is 18.2. The molecule has 3 saturated heterocycles. The standard InChI is InChI=1S/C41H50BrFN8O4/c1-40(2,3)54-38(52)48(9)15-14-30-45-34-36(51(30)35-26-18-29(35)50(20-26)39(53)55-41(4,5)6)28-17-25(16-23-10-12-24(19-44)13-11-23)31(42)32(43)33(28)46-37(34)49-21-27(22-49)47(7)8/h10-13,17,26-27,29,35H,14-16,18,20-22H2,1-9H3. The maximum absolute atomic E-state index is 16.8. The molecule has 2 amide bonds. The lowest BCUT2D eigenvalue weighted by molar-refractivity contribution is 0.0206. The van der Waals surface area contributed by atoms with Gasteiger partial charge in [-0.25, -0.2) is 23.9 Å². The lowest BCUT2D eigenvalue weighted by Gasteiger charge is -2.43. The summed E-state index contributed by atoms with van der Waals surface area (Å²) in [6.07, 6.45) is 0.849. The quantitative estimate of drug-likeness (QED) is 0.181. The lowest BCUT2D eigenvalue weighted by Crippen LogP contribution is -2.57. The molecule has 3 atom stereocenters. The minimum Gasteiger partial charge on any atom is -0.444 e. The van der Waals surface area contributed by atoms with Gasteiger partial charge in [0.15, 0.2) is 11.6 Å². The van der Waals surface area contributed by atoms with Crippen molar-refractivity contribution in [1.29, 1.82) is 5.26 Å². The van der Waals surface area contributed by atoms with Crippen LogP contribution in [-0.4, -0.2) is 112 Å². The van der Waals surface area contributed by atoms with Gasteiger partial charge in [0, 0.05) is 57.0 Å². The van der Waals surface area contributed by atoms with Crippen LogP contribution in [0.15, 0.2) is 34.8 Å². The first-order chi connectivity index (χ1) is 25.8. The fourth-order valence-electron chi connectivity index (χ4n) is 7.93. The van der Waals surface area contributed by atoms with E-state index in [1.165, 1.54) is 0 Å². The average molecular weight is 818 g/mol. The fourth-order valence-corrected chi connectivity index (χ4v) is 8.37. The van der Waals surface area contributed by atoms with Crippen molar-refractivity contribution in [1.82, 2.24) is 29.2 Å². The number of aromatic nitrogens is 3. The second kappa shape index (κ2) is 14.2. The van der Waals surface area contributed by atoms with Crippen molar-refractivity contribution in [3.63, 3.8) is 0 Å². The van der Waals surface area contributed by atoms with Gasteiger partial charge in [-0.05, 0) is 114 Å². The summed E-state index contributed by atoms with van der Waals surface area (Å²) in [6.45, 7) is 13.4. The van der Waals surface area contributed by atoms with Gasteiger partial charge in [-0.2, -0.15) is 5.26 Å². The molecule has 3 aliphatic heterocycles. The number of anilines is 1. The maximum atomic E-state index is 16.8. The molecule has 2 bridgehead atoms. The van der Waals surface area contributed by atoms with E-state index < -0.39 is 23.1 Å². The van der Waals surface area contributed by atoms with Crippen molar-refractivity contribution in [3.05, 3.63) is 63.1 Å². The maximum Gasteiger partial charge on any atom is 0.410 e. The fraction of sp³-hybridized carbons (Fsp3) is 0.537. The third kappa shape index (κ3) is 7.45. The number of nitriles is 1. The zero-order chi connectivity index (χ0) is 39.7. The zero-order valence-corrected chi connectivity index (χ0v) is 34.7.